The molecule has 3 heterocycles. The molecule has 9 nitrogen and oxygen atoms in total. The molecule has 0 unspecified atom stereocenters. The van der Waals surface area contributed by atoms with E-state index in [1.54, 1.807) is 57.4 Å². The summed E-state index contributed by atoms with van der Waals surface area (Å²) >= 11 is 0. The number of fused-ring (bicyclic) bond motifs is 1. The number of imidazole rings is 1. The van der Waals surface area contributed by atoms with Crippen LogP contribution in [-0.4, -0.2) is 42.6 Å². The van der Waals surface area contributed by atoms with Crippen molar-refractivity contribution in [2.75, 3.05) is 13.4 Å². The Morgan fingerprint density at radius 3 is 2.41 bits per heavy atom. The van der Waals surface area contributed by atoms with Crippen LogP contribution < -0.4 is 13.7 Å². The Bertz CT molecular complexity index is 1720. The Labute approximate surface area is 226 Å². The average molecular weight is 549 g/mol. The van der Waals surface area contributed by atoms with E-state index < -0.39 is 15.7 Å². The maximum atomic E-state index is 13.5. The fourth-order valence-corrected chi connectivity index (χ4v) is 4.87. The number of aryl methyl sites for hydroxylation is 1. The largest absolute Gasteiger partial charge is 0.497 e. The molecule has 39 heavy (non-hydrogen) atoms. The SMILES string of the molecule is COc1ccc(C2=C(c3ccc(OCc4cn5c(C)cccc5n4)cc3OS(C)(=O)=O)C(=O)C(C)(C)O2)cc1. The molecule has 0 bridgehead atoms. The third-order valence-electron chi connectivity index (χ3n) is 6.31. The van der Waals surface area contributed by atoms with Crippen molar-refractivity contribution < 1.29 is 31.6 Å². The van der Waals surface area contributed by atoms with E-state index in [0.717, 1.165) is 17.6 Å². The summed E-state index contributed by atoms with van der Waals surface area (Å²) in [5, 5.41) is 0. The number of pyridine rings is 1. The van der Waals surface area contributed by atoms with Gasteiger partial charge in [0.2, 0.25) is 5.78 Å². The third kappa shape index (κ3) is 5.33. The molecule has 1 aliphatic rings. The molecule has 10 heteroatoms. The zero-order chi connectivity index (χ0) is 27.9. The second-order valence-electron chi connectivity index (χ2n) is 9.74. The van der Waals surface area contributed by atoms with Gasteiger partial charge in [-0.3, -0.25) is 4.79 Å². The number of rotatable bonds is 8. The first-order valence-corrected chi connectivity index (χ1v) is 14.0. The molecule has 5 rings (SSSR count). The highest BCUT2D eigenvalue weighted by atomic mass is 32.2. The molecule has 202 valence electrons. The summed E-state index contributed by atoms with van der Waals surface area (Å²) in [4.78, 5) is 18.1. The number of ether oxygens (including phenoxy) is 3. The van der Waals surface area contributed by atoms with Gasteiger partial charge in [-0.1, -0.05) is 6.07 Å². The van der Waals surface area contributed by atoms with Gasteiger partial charge < -0.3 is 22.8 Å². The van der Waals surface area contributed by atoms with Gasteiger partial charge in [0.1, 0.15) is 29.5 Å². The second kappa shape index (κ2) is 9.77. The van der Waals surface area contributed by atoms with Gasteiger partial charge in [0.05, 0.1) is 24.6 Å². The summed E-state index contributed by atoms with van der Waals surface area (Å²) in [6, 6.07) is 17.6. The van der Waals surface area contributed by atoms with Crippen LogP contribution in [-0.2, 0) is 26.3 Å². The van der Waals surface area contributed by atoms with E-state index in [1.165, 1.54) is 6.07 Å². The van der Waals surface area contributed by atoms with Gasteiger partial charge in [0.15, 0.2) is 11.4 Å². The van der Waals surface area contributed by atoms with Crippen molar-refractivity contribution in [3.05, 3.63) is 89.4 Å². The van der Waals surface area contributed by atoms with Gasteiger partial charge in [0.25, 0.3) is 0 Å². The molecule has 0 N–H and O–H groups in total. The maximum Gasteiger partial charge on any atom is 0.306 e. The molecule has 0 fully saturated rings. The standard InChI is InChI=1S/C29H28N2O7S/c1-18-7-6-8-25-30-20(16-31(18)25)17-36-22-13-14-23(24(15-22)38-39(5,33)34)26-27(37-29(2,3)28(26)32)19-9-11-21(35-4)12-10-19/h6-16H,17H2,1-5H3. The lowest BCUT2D eigenvalue weighted by Gasteiger charge is -2.18. The second-order valence-corrected chi connectivity index (χ2v) is 11.3. The van der Waals surface area contributed by atoms with E-state index in [-0.39, 0.29) is 29.3 Å². The lowest BCUT2D eigenvalue weighted by Crippen LogP contribution is -2.29. The molecule has 0 aliphatic carbocycles. The highest BCUT2D eigenvalue weighted by Crippen LogP contribution is 2.45. The molecule has 2 aromatic carbocycles. The lowest BCUT2D eigenvalue weighted by molar-refractivity contribution is -0.125. The number of carbonyl (C=O) groups is 1. The van der Waals surface area contributed by atoms with Gasteiger partial charge in [-0.15, -0.1) is 0 Å². The number of hydrogen-bond donors (Lipinski definition) is 0. The average Bonchev–Trinajstić information content (AvgIpc) is 3.41. The first kappa shape index (κ1) is 26.3. The van der Waals surface area contributed by atoms with Crippen LogP contribution in [0, 0.1) is 6.92 Å². The molecule has 4 aromatic rings. The van der Waals surface area contributed by atoms with Crippen LogP contribution in [0.2, 0.25) is 0 Å². The fourth-order valence-electron chi connectivity index (χ4n) is 4.40. The number of nitrogens with zero attached hydrogens (tertiary/aromatic N) is 2. The number of aromatic nitrogens is 2. The normalized spacial score (nSPS) is 14.9. The van der Waals surface area contributed by atoms with Gasteiger partial charge in [-0.05, 0) is 69.3 Å². The predicted molar refractivity (Wildman–Crippen MR) is 146 cm³/mol. The molecule has 0 saturated carbocycles. The van der Waals surface area contributed by atoms with E-state index in [9.17, 15) is 13.2 Å². The molecular weight excluding hydrogens is 520 g/mol. The maximum absolute atomic E-state index is 13.5. The van der Waals surface area contributed by atoms with Gasteiger partial charge in [-0.25, -0.2) is 4.98 Å². The highest BCUT2D eigenvalue weighted by Gasteiger charge is 2.44. The topological polar surface area (TPSA) is 105 Å². The summed E-state index contributed by atoms with van der Waals surface area (Å²) < 4.78 is 49.0. The Morgan fingerprint density at radius 2 is 1.74 bits per heavy atom. The lowest BCUT2D eigenvalue weighted by atomic mass is 9.92. The fraction of sp³-hybridized carbons (Fsp3) is 0.241. The predicted octanol–water partition coefficient (Wildman–Crippen LogP) is 4.81. The Hall–Kier alpha value is -4.31. The molecule has 0 amide bonds. The number of hydrogen-bond acceptors (Lipinski definition) is 8. The summed E-state index contributed by atoms with van der Waals surface area (Å²) in [6.07, 6.45) is 2.83. The Balaban J connectivity index is 1.54. The summed E-state index contributed by atoms with van der Waals surface area (Å²) in [5.41, 5.74) is 2.49. The van der Waals surface area contributed by atoms with Crippen molar-refractivity contribution >= 4 is 32.9 Å². The first-order chi connectivity index (χ1) is 18.4. The van der Waals surface area contributed by atoms with Crippen LogP contribution in [0.1, 0.15) is 36.4 Å². The van der Waals surface area contributed by atoms with Gasteiger partial charge >= 0.3 is 10.1 Å². The highest BCUT2D eigenvalue weighted by molar-refractivity contribution is 7.86. The molecular formula is C29H28N2O7S. The van der Waals surface area contributed by atoms with Crippen molar-refractivity contribution in [1.29, 1.82) is 0 Å². The molecule has 2 aromatic heterocycles. The van der Waals surface area contributed by atoms with Crippen molar-refractivity contribution in [2.45, 2.75) is 33.0 Å². The van der Waals surface area contributed by atoms with E-state index in [2.05, 4.69) is 4.98 Å². The molecule has 0 radical (unpaired) electrons. The van der Waals surface area contributed by atoms with Crippen LogP contribution >= 0.6 is 0 Å². The van der Waals surface area contributed by atoms with E-state index in [1.807, 2.05) is 35.7 Å². The van der Waals surface area contributed by atoms with Crippen molar-refractivity contribution in [2.24, 2.45) is 0 Å². The summed E-state index contributed by atoms with van der Waals surface area (Å²) in [6.45, 7) is 5.46. The number of benzene rings is 2. The van der Waals surface area contributed by atoms with Crippen LogP contribution in [0.15, 0.2) is 66.9 Å². The molecule has 0 spiro atoms. The Kier molecular flexibility index (Phi) is 6.59. The summed E-state index contributed by atoms with van der Waals surface area (Å²) in [7, 11) is -2.37. The minimum atomic E-state index is -3.94. The molecule has 1 aliphatic heterocycles. The first-order valence-electron chi connectivity index (χ1n) is 12.2. The Morgan fingerprint density at radius 1 is 1.03 bits per heavy atom. The van der Waals surface area contributed by atoms with Gasteiger partial charge in [-0.2, -0.15) is 8.42 Å². The minimum Gasteiger partial charge on any atom is -0.497 e. The zero-order valence-electron chi connectivity index (χ0n) is 22.2. The smallest absolute Gasteiger partial charge is 0.306 e. The number of carbonyl (C=O) groups excluding carboxylic acids is 1. The molecule has 0 saturated heterocycles. The third-order valence-corrected chi connectivity index (χ3v) is 6.79. The van der Waals surface area contributed by atoms with Crippen LogP contribution in [0.5, 0.6) is 17.2 Å². The van der Waals surface area contributed by atoms with Crippen molar-refractivity contribution in [3.8, 4) is 17.2 Å². The van der Waals surface area contributed by atoms with Crippen LogP contribution in [0.4, 0.5) is 0 Å². The van der Waals surface area contributed by atoms with Gasteiger partial charge in [0, 0.05) is 29.1 Å². The summed E-state index contributed by atoms with van der Waals surface area (Å²) in [5.74, 6) is 0.966. The quantitative estimate of drug-likeness (QED) is 0.289. The number of methoxy groups -OCH3 is 1. The van der Waals surface area contributed by atoms with Crippen molar-refractivity contribution in [3.63, 3.8) is 0 Å². The zero-order valence-corrected chi connectivity index (χ0v) is 23.0. The monoisotopic (exact) mass is 548 g/mol. The molecule has 0 atom stereocenters. The van der Waals surface area contributed by atoms with Crippen LogP contribution in [0.3, 0.4) is 0 Å². The van der Waals surface area contributed by atoms with E-state index >= 15 is 0 Å². The number of Topliss-reactive ketones (excluding diaryl/α,β-unsaturated/α-hetero) is 1. The number of ketones is 1. The van der Waals surface area contributed by atoms with Crippen molar-refractivity contribution in [1.82, 2.24) is 9.38 Å². The minimum absolute atomic E-state index is 0.0449. The van der Waals surface area contributed by atoms with E-state index in [4.69, 9.17) is 18.4 Å². The van der Waals surface area contributed by atoms with Crippen LogP contribution in [0.25, 0.3) is 17.0 Å². The van der Waals surface area contributed by atoms with E-state index in [0.29, 0.717) is 28.5 Å².